The van der Waals surface area contributed by atoms with Crippen LogP contribution in [0, 0.1) is 11.6 Å². The van der Waals surface area contributed by atoms with E-state index in [-0.39, 0.29) is 58.6 Å². The van der Waals surface area contributed by atoms with Crippen LogP contribution < -0.4 is 10.1 Å². The Kier molecular flexibility index (Phi) is 7.17. The van der Waals surface area contributed by atoms with Crippen LogP contribution in [0.1, 0.15) is 44.6 Å². The lowest BCUT2D eigenvalue weighted by atomic mass is 9.85. The Hall–Kier alpha value is -3.77. The van der Waals surface area contributed by atoms with E-state index in [1.807, 2.05) is 0 Å². The largest absolute Gasteiger partial charge is 0.479 e. The number of alkyl halides is 3. The van der Waals surface area contributed by atoms with E-state index in [9.17, 15) is 18.0 Å². The van der Waals surface area contributed by atoms with Crippen molar-refractivity contribution in [2.75, 3.05) is 25.5 Å². The molecule has 5 rings (SSSR count). The Labute approximate surface area is 220 Å². The number of aliphatic imine (C=N–C) groups is 1. The van der Waals surface area contributed by atoms with Gasteiger partial charge in [-0.1, -0.05) is 0 Å². The van der Waals surface area contributed by atoms with E-state index in [2.05, 4.69) is 20.4 Å². The molecule has 2 aliphatic rings. The normalized spacial score (nSPS) is 21.2. The number of methoxy groups -OCH3 is 1. The summed E-state index contributed by atoms with van der Waals surface area (Å²) in [6, 6.07) is 1.89. The van der Waals surface area contributed by atoms with Gasteiger partial charge in [0.1, 0.15) is 23.2 Å². The molecule has 1 saturated heterocycles. The van der Waals surface area contributed by atoms with Crippen molar-refractivity contribution in [2.24, 2.45) is 4.99 Å². The van der Waals surface area contributed by atoms with E-state index < -0.39 is 42.6 Å². The van der Waals surface area contributed by atoms with Crippen LogP contribution in [0.2, 0.25) is 0 Å². The number of nitrogens with zero attached hydrogens (tertiary/aromatic N) is 5. The first-order valence-corrected chi connectivity index (χ1v) is 12.5. The maximum absolute atomic E-state index is 15.4. The molecule has 8 nitrogen and oxygen atoms in total. The predicted molar refractivity (Wildman–Crippen MR) is 135 cm³/mol. The molecule has 2 aliphatic heterocycles. The fourth-order valence-electron chi connectivity index (χ4n) is 5.34. The quantitative estimate of drug-likeness (QED) is 0.422. The number of carbonyl (C=O) groups is 1. The second kappa shape index (κ2) is 10.4. The van der Waals surface area contributed by atoms with E-state index in [0.29, 0.717) is 18.7 Å². The van der Waals surface area contributed by atoms with Crippen LogP contribution in [0.5, 0.6) is 5.88 Å². The molecular formula is C26H27F5N6O2. The number of fused-ring (bicyclic) bond motifs is 2. The average molecular weight is 551 g/mol. The molecule has 0 spiro atoms. The maximum atomic E-state index is 15.4. The minimum atomic E-state index is -2.61. The molecule has 39 heavy (non-hydrogen) atoms. The molecule has 1 aromatic carbocycles. The number of carbonyl (C=O) groups excluding carboxylic acids is 1. The molecule has 1 unspecified atom stereocenters. The molecule has 0 saturated carbocycles. The first-order valence-electron chi connectivity index (χ1n) is 12.5. The minimum absolute atomic E-state index is 0.0247. The predicted octanol–water partition coefficient (Wildman–Crippen LogP) is 5.29. The van der Waals surface area contributed by atoms with Gasteiger partial charge in [0.05, 0.1) is 31.5 Å². The number of rotatable bonds is 6. The third-order valence-corrected chi connectivity index (χ3v) is 7.18. The summed E-state index contributed by atoms with van der Waals surface area (Å²) in [6.07, 6.45) is -2.86. The maximum Gasteiger partial charge on any atom is 0.244 e. The molecule has 208 valence electrons. The monoisotopic (exact) mass is 550 g/mol. The third kappa shape index (κ3) is 5.13. The van der Waals surface area contributed by atoms with Crippen molar-refractivity contribution in [1.29, 1.82) is 0 Å². The van der Waals surface area contributed by atoms with Crippen molar-refractivity contribution in [2.45, 2.75) is 57.7 Å². The Morgan fingerprint density at radius 1 is 1.26 bits per heavy atom. The smallest absolute Gasteiger partial charge is 0.244 e. The molecule has 0 bridgehead atoms. The zero-order valence-electron chi connectivity index (χ0n) is 21.5. The number of benzene rings is 1. The first-order chi connectivity index (χ1) is 18.5. The number of piperidine rings is 1. The van der Waals surface area contributed by atoms with E-state index in [4.69, 9.17) is 4.74 Å². The van der Waals surface area contributed by atoms with Gasteiger partial charge in [-0.25, -0.2) is 26.5 Å². The highest BCUT2D eigenvalue weighted by atomic mass is 19.3. The number of aromatic nitrogens is 3. The van der Waals surface area contributed by atoms with E-state index >= 15 is 8.78 Å². The van der Waals surface area contributed by atoms with Gasteiger partial charge in [0, 0.05) is 25.6 Å². The standard InChI is InChI=1S/C26H27F5N6O2/c1-12-6-14(9-21(30)31)16-7-15(8-17(27)23(16)32-12)22-19(29)11-37-24(22)25(39-3)34-26(35-37)33-20-4-5-36(13(2)38)10-18(20)28/h7-8,11,14,18,20-21H,4-6,9-10H2,1-3H3,(H,33,35)/t14?,18-,20+/m1/s1. The van der Waals surface area contributed by atoms with Crippen LogP contribution in [0.4, 0.5) is 33.6 Å². The zero-order chi connectivity index (χ0) is 28.0. The Bertz CT molecular complexity index is 1460. The molecule has 1 N–H and O–H groups in total. The van der Waals surface area contributed by atoms with Gasteiger partial charge in [-0.05, 0) is 48.9 Å². The summed E-state index contributed by atoms with van der Waals surface area (Å²) in [5.41, 5.74) is 0.910. The lowest BCUT2D eigenvalue weighted by Gasteiger charge is -2.34. The highest BCUT2D eigenvalue weighted by molar-refractivity contribution is 5.90. The van der Waals surface area contributed by atoms with E-state index in [0.717, 1.165) is 16.8 Å². The zero-order valence-corrected chi connectivity index (χ0v) is 21.5. The summed E-state index contributed by atoms with van der Waals surface area (Å²) in [7, 11) is 1.31. The number of hydrogen-bond acceptors (Lipinski definition) is 6. The summed E-state index contributed by atoms with van der Waals surface area (Å²) in [5.74, 6) is -2.50. The first kappa shape index (κ1) is 26.8. The molecule has 1 fully saturated rings. The second-order valence-corrected chi connectivity index (χ2v) is 9.88. The van der Waals surface area contributed by atoms with Crippen LogP contribution in [0.25, 0.3) is 16.6 Å². The highest BCUT2D eigenvalue weighted by Gasteiger charge is 2.32. The molecular weight excluding hydrogens is 523 g/mol. The summed E-state index contributed by atoms with van der Waals surface area (Å²) in [6.45, 7) is 3.31. The summed E-state index contributed by atoms with van der Waals surface area (Å²) >= 11 is 0. The van der Waals surface area contributed by atoms with Gasteiger partial charge in [0.2, 0.25) is 24.2 Å². The third-order valence-electron chi connectivity index (χ3n) is 7.18. The van der Waals surface area contributed by atoms with Gasteiger partial charge in [-0.15, -0.1) is 5.10 Å². The van der Waals surface area contributed by atoms with Crippen LogP contribution >= 0.6 is 0 Å². The minimum Gasteiger partial charge on any atom is -0.479 e. The van der Waals surface area contributed by atoms with E-state index in [1.165, 1.54) is 25.0 Å². The van der Waals surface area contributed by atoms with Gasteiger partial charge < -0.3 is 15.0 Å². The molecule has 4 heterocycles. The average Bonchev–Trinajstić information content (AvgIpc) is 3.20. The number of likely N-dealkylation sites (tertiary alicyclic amines) is 1. The van der Waals surface area contributed by atoms with Gasteiger partial charge in [0.15, 0.2) is 5.82 Å². The van der Waals surface area contributed by atoms with Crippen molar-refractivity contribution in [3.63, 3.8) is 0 Å². The SMILES string of the molecule is COc1nc(N[C@H]2CCN(C(C)=O)C[C@H]2F)nn2cc(F)c(-c3cc(F)c4c(c3)C(CC(F)F)CC(C)=N4)c12. The van der Waals surface area contributed by atoms with Crippen LogP contribution in [0.3, 0.4) is 0 Å². The molecule has 0 aliphatic carbocycles. The molecule has 13 heteroatoms. The number of nitrogens with one attached hydrogen (secondary N) is 1. The molecule has 1 amide bonds. The molecule has 3 atom stereocenters. The van der Waals surface area contributed by atoms with Gasteiger partial charge in [-0.3, -0.25) is 9.79 Å². The number of ether oxygens (including phenoxy) is 1. The molecule has 2 aromatic heterocycles. The summed E-state index contributed by atoms with van der Waals surface area (Å²) < 4.78 is 78.5. The fraction of sp³-hybridized carbons (Fsp3) is 0.462. The number of amides is 1. The number of anilines is 1. The number of hydrogen-bond donors (Lipinski definition) is 1. The molecule has 0 radical (unpaired) electrons. The van der Waals surface area contributed by atoms with Crippen molar-refractivity contribution in [3.8, 4) is 17.0 Å². The van der Waals surface area contributed by atoms with Crippen molar-refractivity contribution >= 4 is 28.8 Å². The van der Waals surface area contributed by atoms with Crippen molar-refractivity contribution in [3.05, 3.63) is 35.5 Å². The summed E-state index contributed by atoms with van der Waals surface area (Å²) in [5, 5.41) is 7.16. The van der Waals surface area contributed by atoms with Crippen LogP contribution in [0.15, 0.2) is 23.3 Å². The lowest BCUT2D eigenvalue weighted by molar-refractivity contribution is -0.131. The summed E-state index contributed by atoms with van der Waals surface area (Å²) in [4.78, 5) is 21.5. The van der Waals surface area contributed by atoms with Gasteiger partial charge in [-0.2, -0.15) is 4.98 Å². The highest BCUT2D eigenvalue weighted by Crippen LogP contribution is 2.44. The van der Waals surface area contributed by atoms with Crippen molar-refractivity contribution < 1.29 is 31.5 Å². The topological polar surface area (TPSA) is 84.1 Å². The Morgan fingerprint density at radius 2 is 2.03 bits per heavy atom. The van der Waals surface area contributed by atoms with E-state index in [1.54, 1.807) is 6.92 Å². The van der Waals surface area contributed by atoms with Gasteiger partial charge in [0.25, 0.3) is 0 Å². The fourth-order valence-corrected chi connectivity index (χ4v) is 5.34. The van der Waals surface area contributed by atoms with Crippen LogP contribution in [-0.2, 0) is 4.79 Å². The van der Waals surface area contributed by atoms with Crippen molar-refractivity contribution in [1.82, 2.24) is 19.5 Å². The van der Waals surface area contributed by atoms with Gasteiger partial charge >= 0.3 is 0 Å². The Morgan fingerprint density at radius 3 is 2.69 bits per heavy atom. The second-order valence-electron chi connectivity index (χ2n) is 9.88. The molecule has 3 aromatic rings. The lowest BCUT2D eigenvalue weighted by Crippen LogP contribution is -2.49. The Balaban J connectivity index is 1.54. The number of halogens is 5. The van der Waals surface area contributed by atoms with Crippen LogP contribution in [-0.4, -0.2) is 70.0 Å².